The van der Waals surface area contributed by atoms with Gasteiger partial charge < -0.3 is 9.53 Å². The molecule has 0 radical (unpaired) electrons. The Morgan fingerprint density at radius 2 is 1.93 bits per heavy atom. The summed E-state index contributed by atoms with van der Waals surface area (Å²) < 4.78 is 4.80. The zero-order chi connectivity index (χ0) is 11.5. The average molecular weight is 214 g/mol. The number of carbonyl (C=O) groups is 2. The van der Waals surface area contributed by atoms with Gasteiger partial charge in [-0.25, -0.2) is 0 Å². The summed E-state index contributed by atoms with van der Waals surface area (Å²) in [5.41, 5.74) is 0. The van der Waals surface area contributed by atoms with Crippen molar-refractivity contribution < 1.29 is 14.3 Å². The topological polar surface area (TPSA) is 43.4 Å². The lowest BCUT2D eigenvalue weighted by Gasteiger charge is -2.09. The SMILES string of the molecule is CCCCCCCC(C=O)COC(C)=O. The van der Waals surface area contributed by atoms with Crippen molar-refractivity contribution in [3.8, 4) is 0 Å². The maximum absolute atomic E-state index is 10.6. The fourth-order valence-electron chi connectivity index (χ4n) is 1.43. The molecule has 0 aliphatic carbocycles. The largest absolute Gasteiger partial charge is 0.465 e. The molecule has 0 aromatic heterocycles. The summed E-state index contributed by atoms with van der Waals surface area (Å²) in [5, 5.41) is 0. The van der Waals surface area contributed by atoms with Crippen molar-refractivity contribution in [2.75, 3.05) is 6.61 Å². The molecule has 0 aliphatic heterocycles. The second kappa shape index (κ2) is 9.69. The Morgan fingerprint density at radius 3 is 2.47 bits per heavy atom. The fraction of sp³-hybridized carbons (Fsp3) is 0.833. The summed E-state index contributed by atoms with van der Waals surface area (Å²) in [6, 6.07) is 0. The molecule has 1 atom stereocenters. The standard InChI is InChI=1S/C12H22O3/c1-3-4-5-6-7-8-12(9-13)10-15-11(2)14/h9,12H,3-8,10H2,1-2H3. The van der Waals surface area contributed by atoms with E-state index in [-0.39, 0.29) is 18.5 Å². The Hall–Kier alpha value is -0.860. The van der Waals surface area contributed by atoms with E-state index in [1.807, 2.05) is 0 Å². The van der Waals surface area contributed by atoms with Gasteiger partial charge in [-0.2, -0.15) is 0 Å². The minimum absolute atomic E-state index is 0.115. The van der Waals surface area contributed by atoms with Gasteiger partial charge >= 0.3 is 5.97 Å². The van der Waals surface area contributed by atoms with Crippen LogP contribution in [0.2, 0.25) is 0 Å². The van der Waals surface area contributed by atoms with Crippen LogP contribution in [0, 0.1) is 5.92 Å². The van der Waals surface area contributed by atoms with E-state index in [1.54, 1.807) is 0 Å². The third-order valence-electron chi connectivity index (χ3n) is 2.37. The number of ether oxygens (including phenoxy) is 1. The van der Waals surface area contributed by atoms with E-state index in [9.17, 15) is 9.59 Å². The zero-order valence-corrected chi connectivity index (χ0v) is 9.83. The van der Waals surface area contributed by atoms with Gasteiger partial charge in [-0.3, -0.25) is 4.79 Å². The Labute approximate surface area is 92.2 Å². The van der Waals surface area contributed by atoms with E-state index in [4.69, 9.17) is 4.74 Å². The van der Waals surface area contributed by atoms with Crippen molar-refractivity contribution in [3.05, 3.63) is 0 Å². The Morgan fingerprint density at radius 1 is 1.27 bits per heavy atom. The molecule has 0 spiro atoms. The monoisotopic (exact) mass is 214 g/mol. The number of hydrogen-bond acceptors (Lipinski definition) is 3. The van der Waals surface area contributed by atoms with E-state index >= 15 is 0 Å². The van der Waals surface area contributed by atoms with Crippen LogP contribution in [0.4, 0.5) is 0 Å². The van der Waals surface area contributed by atoms with Gasteiger partial charge in [0.2, 0.25) is 0 Å². The minimum atomic E-state index is -0.312. The lowest BCUT2D eigenvalue weighted by atomic mass is 10.0. The maximum atomic E-state index is 10.6. The highest BCUT2D eigenvalue weighted by molar-refractivity contribution is 5.66. The lowest BCUT2D eigenvalue weighted by molar-refractivity contribution is -0.142. The van der Waals surface area contributed by atoms with Crippen molar-refractivity contribution in [1.29, 1.82) is 0 Å². The van der Waals surface area contributed by atoms with Gasteiger partial charge in [0.1, 0.15) is 12.9 Å². The number of unbranched alkanes of at least 4 members (excludes halogenated alkanes) is 4. The third kappa shape index (κ3) is 9.44. The van der Waals surface area contributed by atoms with Gasteiger partial charge in [0, 0.05) is 12.8 Å². The predicted octanol–water partition coefficient (Wildman–Crippen LogP) is 2.73. The molecule has 15 heavy (non-hydrogen) atoms. The summed E-state index contributed by atoms with van der Waals surface area (Å²) >= 11 is 0. The van der Waals surface area contributed by atoms with E-state index in [0.717, 1.165) is 25.5 Å². The molecule has 1 unspecified atom stereocenters. The molecular formula is C12H22O3. The lowest BCUT2D eigenvalue weighted by Crippen LogP contribution is -2.13. The molecule has 0 saturated heterocycles. The van der Waals surface area contributed by atoms with Crippen LogP contribution in [0.25, 0.3) is 0 Å². The van der Waals surface area contributed by atoms with Crippen LogP contribution in [-0.4, -0.2) is 18.9 Å². The molecule has 0 rings (SSSR count). The first-order valence-electron chi connectivity index (χ1n) is 5.79. The Kier molecular flexibility index (Phi) is 9.13. The predicted molar refractivity (Wildman–Crippen MR) is 59.6 cm³/mol. The van der Waals surface area contributed by atoms with E-state index in [1.165, 1.54) is 26.2 Å². The maximum Gasteiger partial charge on any atom is 0.302 e. The van der Waals surface area contributed by atoms with Crippen molar-refractivity contribution in [1.82, 2.24) is 0 Å². The highest BCUT2D eigenvalue weighted by atomic mass is 16.5. The highest BCUT2D eigenvalue weighted by Gasteiger charge is 2.08. The second-order valence-electron chi connectivity index (χ2n) is 3.90. The average Bonchev–Trinajstić information content (AvgIpc) is 2.22. The minimum Gasteiger partial charge on any atom is -0.465 e. The van der Waals surface area contributed by atoms with Crippen LogP contribution in [0.1, 0.15) is 52.4 Å². The molecule has 0 amide bonds. The van der Waals surface area contributed by atoms with Crippen LogP contribution in [0.5, 0.6) is 0 Å². The van der Waals surface area contributed by atoms with Crippen molar-refractivity contribution in [3.63, 3.8) is 0 Å². The summed E-state index contributed by atoms with van der Waals surface area (Å²) in [6.07, 6.45) is 7.65. The van der Waals surface area contributed by atoms with Crippen LogP contribution >= 0.6 is 0 Å². The molecule has 3 heteroatoms. The molecule has 0 aromatic carbocycles. The van der Waals surface area contributed by atoms with E-state index < -0.39 is 0 Å². The van der Waals surface area contributed by atoms with Crippen molar-refractivity contribution >= 4 is 12.3 Å². The molecule has 3 nitrogen and oxygen atoms in total. The molecular weight excluding hydrogens is 192 g/mol. The van der Waals surface area contributed by atoms with Gasteiger partial charge in [-0.1, -0.05) is 39.0 Å². The van der Waals surface area contributed by atoms with Crippen molar-refractivity contribution in [2.45, 2.75) is 52.4 Å². The summed E-state index contributed by atoms with van der Waals surface area (Å²) in [6.45, 7) is 3.78. The Balaban J connectivity index is 3.44. The third-order valence-corrected chi connectivity index (χ3v) is 2.37. The molecule has 0 aromatic rings. The highest BCUT2D eigenvalue weighted by Crippen LogP contribution is 2.10. The van der Waals surface area contributed by atoms with Gasteiger partial charge in [0.05, 0.1) is 0 Å². The summed E-state index contributed by atoms with van der Waals surface area (Å²) in [4.78, 5) is 21.2. The first kappa shape index (κ1) is 14.1. The smallest absolute Gasteiger partial charge is 0.302 e. The van der Waals surface area contributed by atoms with E-state index in [2.05, 4.69) is 6.92 Å². The summed E-state index contributed by atoms with van der Waals surface area (Å²) in [7, 11) is 0. The summed E-state index contributed by atoms with van der Waals surface area (Å²) in [5.74, 6) is -0.427. The molecule has 0 N–H and O–H groups in total. The van der Waals surface area contributed by atoms with Gasteiger partial charge in [-0.15, -0.1) is 0 Å². The quantitative estimate of drug-likeness (QED) is 0.337. The van der Waals surface area contributed by atoms with Gasteiger partial charge in [0.25, 0.3) is 0 Å². The van der Waals surface area contributed by atoms with Crippen LogP contribution in [-0.2, 0) is 14.3 Å². The molecule has 0 saturated carbocycles. The van der Waals surface area contributed by atoms with Gasteiger partial charge in [-0.05, 0) is 6.42 Å². The first-order chi connectivity index (χ1) is 7.20. The number of rotatable bonds is 9. The van der Waals surface area contributed by atoms with Crippen LogP contribution in [0.3, 0.4) is 0 Å². The normalized spacial score (nSPS) is 12.1. The first-order valence-corrected chi connectivity index (χ1v) is 5.79. The fourth-order valence-corrected chi connectivity index (χ4v) is 1.43. The number of carbonyl (C=O) groups excluding carboxylic acids is 2. The number of esters is 1. The molecule has 0 bridgehead atoms. The number of hydrogen-bond donors (Lipinski definition) is 0. The number of aldehydes is 1. The zero-order valence-electron chi connectivity index (χ0n) is 9.83. The Bertz CT molecular complexity index is 178. The molecule has 88 valence electrons. The van der Waals surface area contributed by atoms with Crippen LogP contribution < -0.4 is 0 Å². The second-order valence-corrected chi connectivity index (χ2v) is 3.90. The molecule has 0 aliphatic rings. The van der Waals surface area contributed by atoms with Gasteiger partial charge in [0.15, 0.2) is 0 Å². The van der Waals surface area contributed by atoms with E-state index in [0.29, 0.717) is 0 Å². The van der Waals surface area contributed by atoms with Crippen LogP contribution in [0.15, 0.2) is 0 Å². The van der Waals surface area contributed by atoms with Crippen molar-refractivity contribution in [2.24, 2.45) is 5.92 Å². The molecule has 0 fully saturated rings. The molecule has 0 heterocycles.